The summed E-state index contributed by atoms with van der Waals surface area (Å²) >= 11 is 1.31. The van der Waals surface area contributed by atoms with E-state index in [1.165, 1.54) is 16.7 Å². The molecule has 2 amide bonds. The summed E-state index contributed by atoms with van der Waals surface area (Å²) in [6, 6.07) is 10.9. The Labute approximate surface area is 162 Å². The topological polar surface area (TPSA) is 59.8 Å². The second-order valence-corrected chi connectivity index (χ2v) is 7.26. The molecule has 0 aliphatic carbocycles. The minimum atomic E-state index is -0.306. The minimum absolute atomic E-state index is 0.0623. The van der Waals surface area contributed by atoms with Crippen LogP contribution in [0.2, 0.25) is 0 Å². The van der Waals surface area contributed by atoms with E-state index in [0.29, 0.717) is 21.8 Å². The van der Waals surface area contributed by atoms with Gasteiger partial charge in [0.25, 0.3) is 11.8 Å². The van der Waals surface area contributed by atoms with E-state index < -0.39 is 0 Å². The summed E-state index contributed by atoms with van der Waals surface area (Å²) < 4.78 is 11.0. The summed E-state index contributed by atoms with van der Waals surface area (Å²) in [4.78, 5) is 27.3. The molecule has 0 spiro atoms. The zero-order valence-electron chi connectivity index (χ0n) is 15.3. The van der Waals surface area contributed by atoms with Crippen molar-refractivity contribution >= 4 is 29.1 Å². The third-order valence-corrected chi connectivity index (χ3v) is 4.99. The van der Waals surface area contributed by atoms with E-state index in [-0.39, 0.29) is 24.5 Å². The Morgan fingerprint density at radius 1 is 1.19 bits per heavy atom. The Morgan fingerprint density at radius 3 is 2.52 bits per heavy atom. The maximum Gasteiger partial charge on any atom is 0.268 e. The lowest BCUT2D eigenvalue weighted by molar-refractivity contribution is -0.135. The number of thioether (sulfide) groups is 1. The van der Waals surface area contributed by atoms with Crippen molar-refractivity contribution in [1.82, 2.24) is 4.90 Å². The third-order valence-electron chi connectivity index (χ3n) is 3.89. The number of ether oxygens (including phenoxy) is 1. The molecule has 1 aliphatic heterocycles. The highest BCUT2D eigenvalue weighted by atomic mass is 32.2. The number of benzene rings is 1. The zero-order valence-corrected chi connectivity index (χ0v) is 16.1. The highest BCUT2D eigenvalue weighted by Gasteiger charge is 2.38. The van der Waals surface area contributed by atoms with Crippen molar-refractivity contribution in [1.29, 1.82) is 0 Å². The highest BCUT2D eigenvalue weighted by molar-refractivity contribution is 8.03. The fourth-order valence-corrected chi connectivity index (χ4v) is 3.78. The van der Waals surface area contributed by atoms with Gasteiger partial charge in [-0.05, 0) is 43.7 Å². The van der Waals surface area contributed by atoms with Gasteiger partial charge in [0, 0.05) is 6.54 Å². The monoisotopic (exact) mass is 383 g/mol. The average molecular weight is 383 g/mol. The van der Waals surface area contributed by atoms with Crippen LogP contribution >= 0.6 is 11.8 Å². The molecule has 6 heteroatoms. The number of amides is 2. The fourth-order valence-electron chi connectivity index (χ4n) is 2.75. The first-order valence-electron chi connectivity index (χ1n) is 8.65. The number of rotatable bonds is 8. The molecule has 1 aromatic heterocycles. The lowest BCUT2D eigenvalue weighted by Gasteiger charge is -2.12. The van der Waals surface area contributed by atoms with E-state index in [9.17, 15) is 9.59 Å². The van der Waals surface area contributed by atoms with Crippen molar-refractivity contribution in [2.24, 2.45) is 0 Å². The molecule has 5 nitrogen and oxygen atoms in total. The predicted molar refractivity (Wildman–Crippen MR) is 106 cm³/mol. The summed E-state index contributed by atoms with van der Waals surface area (Å²) in [5.41, 5.74) is 1.10. The molecular weight excluding hydrogens is 362 g/mol. The number of carbonyl (C=O) groups excluding carboxylic acids is 2. The van der Waals surface area contributed by atoms with E-state index in [1.807, 2.05) is 44.2 Å². The molecule has 0 unspecified atom stereocenters. The van der Waals surface area contributed by atoms with Crippen LogP contribution in [0.4, 0.5) is 0 Å². The van der Waals surface area contributed by atoms with Gasteiger partial charge in [-0.15, -0.1) is 18.3 Å². The van der Waals surface area contributed by atoms with Gasteiger partial charge in [0.15, 0.2) is 0 Å². The average Bonchev–Trinajstić information content (AvgIpc) is 3.23. The second-order valence-electron chi connectivity index (χ2n) is 6.27. The van der Waals surface area contributed by atoms with Crippen LogP contribution in [-0.4, -0.2) is 29.4 Å². The summed E-state index contributed by atoms with van der Waals surface area (Å²) in [5, 5.41) is 0. The van der Waals surface area contributed by atoms with Crippen molar-refractivity contribution in [2.75, 3.05) is 6.54 Å². The number of hydrogen-bond donors (Lipinski definition) is 0. The normalized spacial score (nSPS) is 14.4. The van der Waals surface area contributed by atoms with Crippen LogP contribution in [0.25, 0.3) is 5.57 Å². The van der Waals surface area contributed by atoms with E-state index in [4.69, 9.17) is 9.15 Å². The minimum Gasteiger partial charge on any atom is -0.491 e. The van der Waals surface area contributed by atoms with Crippen LogP contribution in [0, 0.1) is 0 Å². The third kappa shape index (κ3) is 4.17. The Hall–Kier alpha value is -2.73. The number of hydrogen-bond acceptors (Lipinski definition) is 5. The van der Waals surface area contributed by atoms with Crippen molar-refractivity contribution in [3.8, 4) is 5.75 Å². The van der Waals surface area contributed by atoms with Crippen molar-refractivity contribution in [3.05, 3.63) is 71.5 Å². The second kappa shape index (κ2) is 8.31. The molecular formula is C21H21NO4S. The van der Waals surface area contributed by atoms with Crippen LogP contribution in [0.5, 0.6) is 5.75 Å². The van der Waals surface area contributed by atoms with E-state index in [0.717, 1.165) is 11.5 Å². The van der Waals surface area contributed by atoms with Gasteiger partial charge >= 0.3 is 0 Å². The van der Waals surface area contributed by atoms with Gasteiger partial charge in [0.05, 0.1) is 28.6 Å². The van der Waals surface area contributed by atoms with Gasteiger partial charge in [-0.1, -0.05) is 18.2 Å². The van der Waals surface area contributed by atoms with Crippen LogP contribution in [0.1, 0.15) is 25.2 Å². The Morgan fingerprint density at radius 2 is 1.93 bits per heavy atom. The van der Waals surface area contributed by atoms with Crippen molar-refractivity contribution in [3.63, 3.8) is 0 Å². The fraction of sp³-hybridized carbons (Fsp3) is 0.238. The largest absolute Gasteiger partial charge is 0.491 e. The first kappa shape index (κ1) is 19.0. The van der Waals surface area contributed by atoms with Crippen LogP contribution < -0.4 is 4.74 Å². The molecule has 3 rings (SSSR count). The zero-order chi connectivity index (χ0) is 19.4. The standard InChI is InChI=1S/C21H21NO4S/c1-4-11-22-20(23)18(15-7-9-16(10-8-15)26-14(2)3)19(21(22)24)27-13-17-6-5-12-25-17/h4-10,12,14H,1,11,13H2,2-3H3. The summed E-state index contributed by atoms with van der Waals surface area (Å²) in [7, 11) is 0. The lowest BCUT2D eigenvalue weighted by Crippen LogP contribution is -2.31. The molecule has 1 aliphatic rings. The van der Waals surface area contributed by atoms with E-state index in [2.05, 4.69) is 6.58 Å². The number of furan rings is 1. The first-order chi connectivity index (χ1) is 13.0. The van der Waals surface area contributed by atoms with E-state index >= 15 is 0 Å². The van der Waals surface area contributed by atoms with Crippen LogP contribution in [-0.2, 0) is 15.3 Å². The van der Waals surface area contributed by atoms with Gasteiger partial charge in [-0.2, -0.15) is 0 Å². The Bertz CT molecular complexity index is 866. The molecule has 0 saturated carbocycles. The molecule has 0 radical (unpaired) electrons. The maximum atomic E-state index is 12.9. The molecule has 2 aromatic rings. The quantitative estimate of drug-likeness (QED) is 0.503. The molecule has 0 atom stereocenters. The first-order valence-corrected chi connectivity index (χ1v) is 9.63. The number of imide groups is 1. The predicted octanol–water partition coefficient (Wildman–Crippen LogP) is 4.27. The summed E-state index contributed by atoms with van der Waals surface area (Å²) in [6.07, 6.45) is 3.20. The molecule has 2 heterocycles. The molecule has 0 fully saturated rings. The Kier molecular flexibility index (Phi) is 5.86. The molecule has 0 saturated heterocycles. The summed E-state index contributed by atoms with van der Waals surface area (Å²) in [5.74, 6) is 1.34. The SMILES string of the molecule is C=CCN1C(=O)C(SCc2ccco2)=C(c2ccc(OC(C)C)cc2)C1=O. The van der Waals surface area contributed by atoms with E-state index in [1.54, 1.807) is 18.4 Å². The Balaban J connectivity index is 1.93. The van der Waals surface area contributed by atoms with Gasteiger partial charge in [0.2, 0.25) is 0 Å². The number of nitrogens with zero attached hydrogens (tertiary/aromatic N) is 1. The molecule has 27 heavy (non-hydrogen) atoms. The molecule has 0 bridgehead atoms. The van der Waals surface area contributed by atoms with Crippen LogP contribution in [0.3, 0.4) is 0 Å². The molecule has 140 valence electrons. The lowest BCUT2D eigenvalue weighted by atomic mass is 10.1. The molecule has 1 aromatic carbocycles. The van der Waals surface area contributed by atoms with Crippen LogP contribution in [0.15, 0.2) is 64.6 Å². The maximum absolute atomic E-state index is 12.9. The smallest absolute Gasteiger partial charge is 0.268 e. The molecule has 0 N–H and O–H groups in total. The van der Waals surface area contributed by atoms with Gasteiger partial charge < -0.3 is 9.15 Å². The van der Waals surface area contributed by atoms with Crippen molar-refractivity contribution in [2.45, 2.75) is 25.7 Å². The van der Waals surface area contributed by atoms with Gasteiger partial charge in [0.1, 0.15) is 11.5 Å². The van der Waals surface area contributed by atoms with Gasteiger partial charge in [-0.25, -0.2) is 0 Å². The number of carbonyl (C=O) groups is 2. The van der Waals surface area contributed by atoms with Gasteiger partial charge in [-0.3, -0.25) is 14.5 Å². The van der Waals surface area contributed by atoms with Crippen molar-refractivity contribution < 1.29 is 18.7 Å². The summed E-state index contributed by atoms with van der Waals surface area (Å²) in [6.45, 7) is 7.72. The highest BCUT2D eigenvalue weighted by Crippen LogP contribution is 2.38.